The Labute approximate surface area is 95.4 Å². The van der Waals surface area contributed by atoms with Gasteiger partial charge in [-0.25, -0.2) is 0 Å². The Morgan fingerprint density at radius 2 is 1.87 bits per heavy atom. The maximum absolute atomic E-state index is 3.31. The summed E-state index contributed by atoms with van der Waals surface area (Å²) in [7, 11) is 2.05. The first kappa shape index (κ1) is 13.0. The van der Waals surface area contributed by atoms with E-state index >= 15 is 0 Å². The van der Waals surface area contributed by atoms with Crippen LogP contribution in [0.4, 0.5) is 0 Å². The number of likely N-dealkylation sites (tertiary alicyclic amines) is 1. The van der Waals surface area contributed by atoms with E-state index in [1.807, 2.05) is 0 Å². The van der Waals surface area contributed by atoms with E-state index in [1.54, 1.807) is 0 Å². The Morgan fingerprint density at radius 3 is 2.40 bits per heavy atom. The van der Waals surface area contributed by atoms with Crippen LogP contribution < -0.4 is 5.32 Å². The van der Waals surface area contributed by atoms with E-state index in [-0.39, 0.29) is 0 Å². The van der Waals surface area contributed by atoms with Gasteiger partial charge in [0.1, 0.15) is 0 Å². The van der Waals surface area contributed by atoms with Crippen molar-refractivity contribution in [2.75, 3.05) is 13.6 Å². The highest BCUT2D eigenvalue weighted by Crippen LogP contribution is 2.22. The van der Waals surface area contributed by atoms with E-state index < -0.39 is 0 Å². The fraction of sp³-hybridized carbons (Fsp3) is 1.00. The Bertz CT molecular complexity index is 160. The number of hydrogen-bond acceptors (Lipinski definition) is 2. The second-order valence-electron chi connectivity index (χ2n) is 5.20. The van der Waals surface area contributed by atoms with Crippen molar-refractivity contribution in [1.82, 2.24) is 10.2 Å². The van der Waals surface area contributed by atoms with Crippen molar-refractivity contribution in [3.8, 4) is 0 Å². The molecule has 0 aromatic heterocycles. The summed E-state index contributed by atoms with van der Waals surface area (Å²) in [5.41, 5.74) is 0. The van der Waals surface area contributed by atoms with Crippen molar-refractivity contribution in [3.63, 3.8) is 0 Å². The minimum Gasteiger partial charge on any atom is -0.317 e. The minimum absolute atomic E-state index is 0.667. The molecule has 0 saturated carbocycles. The highest BCUT2D eigenvalue weighted by atomic mass is 15.2. The quantitative estimate of drug-likeness (QED) is 0.753. The van der Waals surface area contributed by atoms with E-state index in [0.717, 1.165) is 12.1 Å². The average Bonchev–Trinajstić information content (AvgIpc) is 2.22. The summed E-state index contributed by atoms with van der Waals surface area (Å²) in [4.78, 5) is 2.70. The predicted octanol–water partition coefficient (Wildman–Crippen LogP) is 2.64. The fourth-order valence-corrected chi connectivity index (χ4v) is 2.64. The fourth-order valence-electron chi connectivity index (χ4n) is 2.64. The first-order chi connectivity index (χ1) is 7.15. The molecule has 0 radical (unpaired) electrons. The Hall–Kier alpha value is -0.0800. The Morgan fingerprint density at radius 1 is 1.27 bits per heavy atom. The van der Waals surface area contributed by atoms with Gasteiger partial charge in [-0.2, -0.15) is 0 Å². The molecule has 0 aromatic carbocycles. The summed E-state index contributed by atoms with van der Waals surface area (Å²) in [6.45, 7) is 8.33. The minimum atomic E-state index is 0.667. The number of hydrogen-bond donors (Lipinski definition) is 1. The summed E-state index contributed by atoms with van der Waals surface area (Å²) in [5, 5.41) is 3.31. The topological polar surface area (TPSA) is 15.3 Å². The highest BCUT2D eigenvalue weighted by Gasteiger charge is 2.23. The summed E-state index contributed by atoms with van der Waals surface area (Å²) in [6.07, 6.45) is 6.84. The standard InChI is InChI=1S/C13H28N2/c1-11(14-4)7-6-10-15-12(2)8-5-9-13(15)3/h11-14H,5-10H2,1-4H3. The molecule has 1 aliphatic heterocycles. The lowest BCUT2D eigenvalue weighted by molar-refractivity contribution is 0.101. The van der Waals surface area contributed by atoms with Crippen LogP contribution in [-0.2, 0) is 0 Å². The molecule has 2 heteroatoms. The van der Waals surface area contributed by atoms with Gasteiger partial charge in [-0.1, -0.05) is 6.42 Å². The largest absolute Gasteiger partial charge is 0.317 e. The first-order valence-electron chi connectivity index (χ1n) is 6.58. The molecule has 1 heterocycles. The van der Waals surface area contributed by atoms with Crippen LogP contribution in [0.3, 0.4) is 0 Å². The number of nitrogens with zero attached hydrogens (tertiary/aromatic N) is 1. The number of rotatable bonds is 5. The first-order valence-corrected chi connectivity index (χ1v) is 6.58. The highest BCUT2D eigenvalue weighted by molar-refractivity contribution is 4.79. The lowest BCUT2D eigenvalue weighted by Gasteiger charge is -2.39. The molecule has 1 saturated heterocycles. The maximum Gasteiger partial charge on any atom is 0.00697 e. The van der Waals surface area contributed by atoms with E-state index in [4.69, 9.17) is 0 Å². The Kier molecular flexibility index (Phi) is 5.62. The van der Waals surface area contributed by atoms with Crippen molar-refractivity contribution < 1.29 is 0 Å². The normalized spacial score (nSPS) is 30.4. The van der Waals surface area contributed by atoms with Gasteiger partial charge in [-0.05, 0) is 60.0 Å². The molecule has 1 rings (SSSR count). The molecular formula is C13H28N2. The van der Waals surface area contributed by atoms with Crippen LogP contribution >= 0.6 is 0 Å². The average molecular weight is 212 g/mol. The van der Waals surface area contributed by atoms with Crippen molar-refractivity contribution in [1.29, 1.82) is 0 Å². The smallest absolute Gasteiger partial charge is 0.00697 e. The molecule has 1 aliphatic rings. The molecule has 0 aliphatic carbocycles. The molecule has 1 fully saturated rings. The monoisotopic (exact) mass is 212 g/mol. The zero-order valence-corrected chi connectivity index (χ0v) is 10.9. The molecule has 0 spiro atoms. The zero-order valence-electron chi connectivity index (χ0n) is 10.9. The molecule has 0 bridgehead atoms. The molecule has 15 heavy (non-hydrogen) atoms. The molecule has 90 valence electrons. The van der Waals surface area contributed by atoms with Gasteiger partial charge in [0.05, 0.1) is 0 Å². The van der Waals surface area contributed by atoms with Gasteiger partial charge >= 0.3 is 0 Å². The van der Waals surface area contributed by atoms with E-state index in [2.05, 4.69) is 38.0 Å². The molecule has 1 N–H and O–H groups in total. The molecule has 3 unspecified atom stereocenters. The molecular weight excluding hydrogens is 184 g/mol. The summed E-state index contributed by atoms with van der Waals surface area (Å²) >= 11 is 0. The van der Waals surface area contributed by atoms with Gasteiger partial charge in [-0.15, -0.1) is 0 Å². The Balaban J connectivity index is 2.23. The van der Waals surface area contributed by atoms with E-state index in [0.29, 0.717) is 6.04 Å². The van der Waals surface area contributed by atoms with Crippen LogP contribution in [0.15, 0.2) is 0 Å². The lowest BCUT2D eigenvalue weighted by Crippen LogP contribution is -2.44. The SMILES string of the molecule is CNC(C)CCCN1C(C)CCCC1C. The van der Waals surface area contributed by atoms with Crippen molar-refractivity contribution in [3.05, 3.63) is 0 Å². The third-order valence-corrected chi connectivity index (χ3v) is 3.92. The van der Waals surface area contributed by atoms with Crippen molar-refractivity contribution in [2.45, 2.75) is 71.0 Å². The van der Waals surface area contributed by atoms with Crippen molar-refractivity contribution >= 4 is 0 Å². The number of nitrogens with one attached hydrogen (secondary N) is 1. The molecule has 3 atom stereocenters. The van der Waals surface area contributed by atoms with Gasteiger partial charge in [-0.3, -0.25) is 4.90 Å². The van der Waals surface area contributed by atoms with Gasteiger partial charge in [0, 0.05) is 18.1 Å². The van der Waals surface area contributed by atoms with Crippen LogP contribution in [0.2, 0.25) is 0 Å². The maximum atomic E-state index is 3.31. The van der Waals surface area contributed by atoms with Crippen LogP contribution in [0.1, 0.15) is 52.9 Å². The second kappa shape index (κ2) is 6.49. The number of piperidine rings is 1. The summed E-state index contributed by atoms with van der Waals surface area (Å²) in [5.74, 6) is 0. The van der Waals surface area contributed by atoms with Gasteiger partial charge in [0.2, 0.25) is 0 Å². The van der Waals surface area contributed by atoms with Crippen LogP contribution in [0, 0.1) is 0 Å². The van der Waals surface area contributed by atoms with Crippen LogP contribution in [0.5, 0.6) is 0 Å². The zero-order chi connectivity index (χ0) is 11.3. The van der Waals surface area contributed by atoms with Gasteiger partial charge in [0.25, 0.3) is 0 Å². The third kappa shape index (κ3) is 4.12. The molecule has 0 amide bonds. The lowest BCUT2D eigenvalue weighted by atomic mass is 9.97. The van der Waals surface area contributed by atoms with Crippen molar-refractivity contribution in [2.24, 2.45) is 0 Å². The molecule has 0 aromatic rings. The summed E-state index contributed by atoms with van der Waals surface area (Å²) < 4.78 is 0. The molecule has 2 nitrogen and oxygen atoms in total. The van der Waals surface area contributed by atoms with E-state index in [9.17, 15) is 0 Å². The second-order valence-corrected chi connectivity index (χ2v) is 5.20. The van der Waals surface area contributed by atoms with Crippen LogP contribution in [-0.4, -0.2) is 36.6 Å². The summed E-state index contributed by atoms with van der Waals surface area (Å²) in [6, 6.07) is 2.28. The van der Waals surface area contributed by atoms with E-state index in [1.165, 1.54) is 38.6 Å². The van der Waals surface area contributed by atoms with Gasteiger partial charge in [0.15, 0.2) is 0 Å². The van der Waals surface area contributed by atoms with Crippen LogP contribution in [0.25, 0.3) is 0 Å². The van der Waals surface area contributed by atoms with Gasteiger partial charge < -0.3 is 5.32 Å². The third-order valence-electron chi connectivity index (χ3n) is 3.92. The predicted molar refractivity (Wildman–Crippen MR) is 67.2 cm³/mol.